The number of Topliss-reactive ketones (excluding diaryl/α,β-unsaturated/α-hetero) is 2. The first kappa shape index (κ1) is 22.8. The largest absolute Gasteiger partial charge is 0.508 e. The molecule has 2 aromatic rings. The number of nitrogens with two attached hydrogens (primary N) is 1. The van der Waals surface area contributed by atoms with Gasteiger partial charge >= 0.3 is 0 Å². The van der Waals surface area contributed by atoms with Crippen molar-refractivity contribution in [2.75, 3.05) is 0 Å². The van der Waals surface area contributed by atoms with Gasteiger partial charge in [-0.05, 0) is 47.1 Å². The summed E-state index contributed by atoms with van der Waals surface area (Å²) in [5.74, 6) is -6.54. The highest BCUT2D eigenvalue weighted by molar-refractivity contribution is 6.22. The summed E-state index contributed by atoms with van der Waals surface area (Å²) in [5.41, 5.74) is 4.45. The van der Waals surface area contributed by atoms with Crippen molar-refractivity contribution in [2.45, 2.75) is 31.5 Å². The second-order valence-corrected chi connectivity index (χ2v) is 9.25. The number of amides is 1. The second-order valence-electron chi connectivity index (χ2n) is 9.25. The molecule has 1 saturated carbocycles. The molecule has 5 rings (SSSR count). The molecule has 180 valence electrons. The Labute approximate surface area is 199 Å². The fourth-order valence-electron chi connectivity index (χ4n) is 5.68. The Balaban J connectivity index is 1.68. The highest BCUT2D eigenvalue weighted by Gasteiger charge is 2.60. The maximum atomic E-state index is 13.5. The third-order valence-electron chi connectivity index (χ3n) is 7.39. The van der Waals surface area contributed by atoms with Gasteiger partial charge in [0.05, 0.1) is 12.2 Å². The number of fused-ring (bicyclic) bond motifs is 3. The lowest BCUT2D eigenvalue weighted by Gasteiger charge is -2.46. The molecule has 0 spiro atoms. The highest BCUT2D eigenvalue weighted by atomic mass is 16.3. The van der Waals surface area contributed by atoms with Crippen LogP contribution in [0.3, 0.4) is 0 Å². The maximum absolute atomic E-state index is 13.5. The molecular formula is C26H23NO8. The second kappa shape index (κ2) is 7.79. The van der Waals surface area contributed by atoms with Crippen LogP contribution in [-0.4, -0.2) is 48.6 Å². The molecule has 9 nitrogen and oxygen atoms in total. The Morgan fingerprint density at radius 2 is 1.71 bits per heavy atom. The molecule has 7 N–H and O–H groups in total. The van der Waals surface area contributed by atoms with Gasteiger partial charge in [-0.1, -0.05) is 30.3 Å². The molecule has 0 saturated heterocycles. The lowest BCUT2D eigenvalue weighted by Crippen LogP contribution is -2.58. The predicted molar refractivity (Wildman–Crippen MR) is 123 cm³/mol. The van der Waals surface area contributed by atoms with Gasteiger partial charge in [0.1, 0.15) is 22.8 Å². The van der Waals surface area contributed by atoms with Crippen molar-refractivity contribution in [3.05, 3.63) is 70.0 Å². The quantitative estimate of drug-likeness (QED) is 0.361. The smallest absolute Gasteiger partial charge is 0.255 e. The van der Waals surface area contributed by atoms with Gasteiger partial charge in [-0.3, -0.25) is 14.4 Å². The van der Waals surface area contributed by atoms with E-state index in [4.69, 9.17) is 5.73 Å². The molecule has 1 amide bonds. The number of aliphatic hydroxyl groups is 4. The van der Waals surface area contributed by atoms with Crippen LogP contribution in [0.15, 0.2) is 53.3 Å². The Morgan fingerprint density at radius 3 is 2.34 bits per heavy atom. The van der Waals surface area contributed by atoms with Crippen LogP contribution in [0.1, 0.15) is 29.5 Å². The zero-order valence-electron chi connectivity index (χ0n) is 18.5. The number of carbonyl (C=O) groups is 3. The third-order valence-corrected chi connectivity index (χ3v) is 7.39. The molecule has 3 aliphatic carbocycles. The number of ketones is 2. The minimum Gasteiger partial charge on any atom is -0.508 e. The number of hydrogen-bond donors (Lipinski definition) is 6. The highest BCUT2D eigenvalue weighted by Crippen LogP contribution is 2.53. The van der Waals surface area contributed by atoms with Crippen LogP contribution in [0, 0.1) is 11.8 Å². The van der Waals surface area contributed by atoms with E-state index >= 15 is 0 Å². The summed E-state index contributed by atoms with van der Waals surface area (Å²) in [4.78, 5) is 37.7. The van der Waals surface area contributed by atoms with Gasteiger partial charge in [0.25, 0.3) is 5.91 Å². The van der Waals surface area contributed by atoms with Crippen LogP contribution in [0.4, 0.5) is 0 Å². The van der Waals surface area contributed by atoms with Crippen LogP contribution < -0.4 is 5.73 Å². The van der Waals surface area contributed by atoms with Crippen LogP contribution in [-0.2, 0) is 27.4 Å². The number of aliphatic hydroxyl groups excluding tert-OH is 3. The summed E-state index contributed by atoms with van der Waals surface area (Å²) in [5, 5.41) is 53.0. The summed E-state index contributed by atoms with van der Waals surface area (Å²) >= 11 is 0. The van der Waals surface area contributed by atoms with E-state index in [1.807, 2.05) is 0 Å². The summed E-state index contributed by atoms with van der Waals surface area (Å²) in [6.07, 6.45) is -0.0706. The molecular weight excluding hydrogens is 454 g/mol. The van der Waals surface area contributed by atoms with Crippen LogP contribution in [0.5, 0.6) is 5.75 Å². The average Bonchev–Trinajstić information content (AvgIpc) is 2.81. The number of primary amides is 1. The summed E-state index contributed by atoms with van der Waals surface area (Å²) in [6, 6.07) is 10.2. The van der Waals surface area contributed by atoms with Crippen molar-refractivity contribution in [1.82, 2.24) is 0 Å². The standard InChI is InChI=1S/C26H23NO8/c27-25(34)21-18(30)9-14-7-13-8-16-15(12-3-1-11(10-28)2-4-12)5-6-17(29)20(16)22(31)19(13)23(32)26(14,35)24(21)33/h1-6,13-14,28-29,31,33,35H,7-10H2,(H2,27,34). The van der Waals surface area contributed by atoms with Crippen LogP contribution >= 0.6 is 0 Å². The lowest BCUT2D eigenvalue weighted by molar-refractivity contribution is -0.147. The Morgan fingerprint density at radius 1 is 1.03 bits per heavy atom. The van der Waals surface area contributed by atoms with Crippen molar-refractivity contribution in [1.29, 1.82) is 0 Å². The summed E-state index contributed by atoms with van der Waals surface area (Å²) < 4.78 is 0. The van der Waals surface area contributed by atoms with Crippen molar-refractivity contribution in [3.63, 3.8) is 0 Å². The van der Waals surface area contributed by atoms with E-state index in [0.29, 0.717) is 16.7 Å². The SMILES string of the molecule is NC(=O)C1=C(O)C2(O)C(=O)C3=C(O)c4c(O)ccc(-c5ccc(CO)cc5)c4CC3CC2CC1=O. The number of carbonyl (C=O) groups excluding carboxylic acids is 3. The summed E-state index contributed by atoms with van der Waals surface area (Å²) in [6.45, 7) is -0.118. The van der Waals surface area contributed by atoms with E-state index in [2.05, 4.69) is 0 Å². The minimum absolute atomic E-state index is 0.0425. The summed E-state index contributed by atoms with van der Waals surface area (Å²) in [7, 11) is 0. The fourth-order valence-corrected chi connectivity index (χ4v) is 5.68. The van der Waals surface area contributed by atoms with Crippen molar-refractivity contribution < 1.29 is 39.9 Å². The molecule has 0 aromatic heterocycles. The lowest BCUT2D eigenvalue weighted by atomic mass is 9.59. The number of phenolic OH excluding ortho intramolecular Hbond substituents is 1. The molecule has 3 atom stereocenters. The zero-order chi connectivity index (χ0) is 25.2. The molecule has 0 radical (unpaired) electrons. The van der Waals surface area contributed by atoms with Gasteiger partial charge in [0.15, 0.2) is 11.4 Å². The number of phenols is 1. The first-order valence-corrected chi connectivity index (χ1v) is 11.1. The zero-order valence-corrected chi connectivity index (χ0v) is 18.5. The molecule has 35 heavy (non-hydrogen) atoms. The molecule has 1 fully saturated rings. The maximum Gasteiger partial charge on any atom is 0.255 e. The van der Waals surface area contributed by atoms with E-state index in [1.54, 1.807) is 30.3 Å². The van der Waals surface area contributed by atoms with Gasteiger partial charge in [-0.25, -0.2) is 0 Å². The number of rotatable bonds is 3. The van der Waals surface area contributed by atoms with Gasteiger partial charge in [0, 0.05) is 17.9 Å². The number of hydrogen-bond acceptors (Lipinski definition) is 8. The Bertz CT molecular complexity index is 1370. The normalized spacial score (nSPS) is 25.8. The molecule has 3 unspecified atom stereocenters. The van der Waals surface area contributed by atoms with Gasteiger partial charge in [0.2, 0.25) is 5.78 Å². The molecule has 2 aromatic carbocycles. The van der Waals surface area contributed by atoms with E-state index in [9.17, 15) is 39.9 Å². The Kier molecular flexibility index (Phi) is 5.08. The van der Waals surface area contributed by atoms with Crippen LogP contribution in [0.2, 0.25) is 0 Å². The van der Waals surface area contributed by atoms with E-state index in [-0.39, 0.29) is 42.8 Å². The van der Waals surface area contributed by atoms with Crippen molar-refractivity contribution in [3.8, 4) is 16.9 Å². The van der Waals surface area contributed by atoms with Gasteiger partial charge in [-0.15, -0.1) is 0 Å². The molecule has 0 bridgehead atoms. The first-order valence-electron chi connectivity index (χ1n) is 11.1. The molecule has 0 heterocycles. The topological polar surface area (TPSA) is 178 Å². The van der Waals surface area contributed by atoms with Crippen molar-refractivity contribution >= 4 is 23.2 Å². The molecule has 0 aliphatic heterocycles. The fraction of sp³-hybridized carbons (Fsp3) is 0.269. The third kappa shape index (κ3) is 3.12. The molecule has 3 aliphatic rings. The first-order chi connectivity index (χ1) is 16.6. The van der Waals surface area contributed by atoms with E-state index < -0.39 is 52.0 Å². The van der Waals surface area contributed by atoms with Gasteiger partial charge in [-0.2, -0.15) is 0 Å². The average molecular weight is 477 g/mol. The van der Waals surface area contributed by atoms with E-state index in [1.165, 1.54) is 6.07 Å². The van der Waals surface area contributed by atoms with E-state index in [0.717, 1.165) is 5.56 Å². The molecule has 9 heteroatoms. The van der Waals surface area contributed by atoms with Gasteiger partial charge < -0.3 is 31.3 Å². The number of benzene rings is 2. The minimum atomic E-state index is -2.58. The van der Waals surface area contributed by atoms with Crippen molar-refractivity contribution in [2.24, 2.45) is 17.6 Å². The van der Waals surface area contributed by atoms with Crippen LogP contribution in [0.25, 0.3) is 16.9 Å². The number of aromatic hydroxyl groups is 1. The Hall–Kier alpha value is -3.95. The monoisotopic (exact) mass is 477 g/mol. The predicted octanol–water partition coefficient (Wildman–Crippen LogP) is 1.58.